The van der Waals surface area contributed by atoms with E-state index >= 15 is 0 Å². The van der Waals surface area contributed by atoms with Gasteiger partial charge >= 0.3 is 5.51 Å². The zero-order valence-electron chi connectivity index (χ0n) is 10.6. The summed E-state index contributed by atoms with van der Waals surface area (Å²) in [6, 6.07) is 1.12. The van der Waals surface area contributed by atoms with E-state index in [0.717, 1.165) is 29.8 Å². The molecule has 5 nitrogen and oxygen atoms in total. The molecule has 0 aromatic carbocycles. The molecule has 0 aliphatic carbocycles. The van der Waals surface area contributed by atoms with Gasteiger partial charge in [0, 0.05) is 25.7 Å². The summed E-state index contributed by atoms with van der Waals surface area (Å²) in [6.07, 6.45) is 4.37. The first-order valence-corrected chi connectivity index (χ1v) is 7.16. The minimum Gasteiger partial charge on any atom is -0.741 e. The van der Waals surface area contributed by atoms with Gasteiger partial charge in [0.1, 0.15) is 6.04 Å². The number of rotatable bonds is 0. The Hall–Kier alpha value is -0.670. The van der Waals surface area contributed by atoms with Crippen molar-refractivity contribution >= 4 is 15.9 Å². The van der Waals surface area contributed by atoms with Gasteiger partial charge in [0.15, 0.2) is 15.9 Å². The van der Waals surface area contributed by atoms with E-state index in [2.05, 4.69) is 14.1 Å². The van der Waals surface area contributed by atoms with Crippen LogP contribution >= 0.6 is 0 Å². The fourth-order valence-corrected chi connectivity index (χ4v) is 2.75. The molecule has 0 radical (unpaired) electrons. The van der Waals surface area contributed by atoms with Crippen molar-refractivity contribution in [1.82, 2.24) is 0 Å². The number of hydrogen-bond donors (Lipinski definition) is 0. The maximum Gasteiger partial charge on any atom is 0.485 e. The summed E-state index contributed by atoms with van der Waals surface area (Å²) in [4.78, 5) is 11.5. The van der Waals surface area contributed by atoms with Crippen LogP contribution in [-0.4, -0.2) is 54.9 Å². The van der Waals surface area contributed by atoms with Gasteiger partial charge in [0.2, 0.25) is 0 Å². The second-order valence-electron chi connectivity index (χ2n) is 5.28. The highest BCUT2D eigenvalue weighted by molar-refractivity contribution is 7.86. The molecule has 2 saturated heterocycles. The summed E-state index contributed by atoms with van der Waals surface area (Å²) in [5, 5.41) is 0. The van der Waals surface area contributed by atoms with Gasteiger partial charge in [0.25, 0.3) is 0 Å². The van der Waals surface area contributed by atoms with Gasteiger partial charge in [-0.15, -0.1) is 0 Å². The molecule has 0 unspecified atom stereocenters. The molecule has 0 N–H and O–H groups in total. The van der Waals surface area contributed by atoms with Gasteiger partial charge in [-0.1, -0.05) is 0 Å². The summed E-state index contributed by atoms with van der Waals surface area (Å²) in [6.45, 7) is 0. The topological polar surface area (TPSA) is 74.3 Å². The SMILES string of the molecule is C[N+]1(C)[C@H]2CCC(=O)[C@@H]1CC2.O=S(=O)([O-])C(F)(F)F. The number of halogens is 3. The standard InChI is InChI=1S/C9H16NO.CHF3O3S/c1-10(2)7-3-5-8(10)9(11)6-4-7;2-1(3,4)8(5,6)7/h7-8H,3-6H2,1-2H3;(H,5,6,7)/q+1;/p-1/t7-,8+;/m1./s1. The molecular weight excluding hydrogens is 287 g/mol. The first kappa shape index (κ1) is 16.4. The van der Waals surface area contributed by atoms with Gasteiger partial charge in [-0.05, 0) is 0 Å². The van der Waals surface area contributed by atoms with Crippen molar-refractivity contribution in [1.29, 1.82) is 0 Å². The third kappa shape index (κ3) is 3.46. The molecular formula is C10H16F3NO4S. The first-order valence-electron chi connectivity index (χ1n) is 5.75. The maximum absolute atomic E-state index is 11.5. The molecule has 0 aromatic heterocycles. The number of nitrogens with zero attached hydrogens (tertiary/aromatic N) is 1. The molecule has 19 heavy (non-hydrogen) atoms. The number of piperidine rings is 1. The van der Waals surface area contributed by atoms with Crippen LogP contribution in [0.2, 0.25) is 0 Å². The average molecular weight is 303 g/mol. The molecule has 2 bridgehead atoms. The smallest absolute Gasteiger partial charge is 0.485 e. The summed E-state index contributed by atoms with van der Waals surface area (Å²) in [7, 11) is -1.67. The van der Waals surface area contributed by atoms with Crippen LogP contribution in [-0.2, 0) is 14.9 Å². The third-order valence-electron chi connectivity index (χ3n) is 3.90. The van der Waals surface area contributed by atoms with E-state index in [1.54, 1.807) is 0 Å². The van der Waals surface area contributed by atoms with Gasteiger partial charge < -0.3 is 9.04 Å². The Bertz CT molecular complexity index is 458. The Balaban J connectivity index is 0.000000203. The minimum atomic E-state index is -6.09. The lowest BCUT2D eigenvalue weighted by Crippen LogP contribution is -2.56. The lowest BCUT2D eigenvalue weighted by Gasteiger charge is -2.40. The molecule has 0 spiro atoms. The molecule has 2 rings (SSSR count). The maximum atomic E-state index is 11.5. The monoisotopic (exact) mass is 303 g/mol. The predicted octanol–water partition coefficient (Wildman–Crippen LogP) is 1.01. The number of quaternary nitrogens is 1. The lowest BCUT2D eigenvalue weighted by molar-refractivity contribution is -0.919. The van der Waals surface area contributed by atoms with Gasteiger partial charge in [-0.2, -0.15) is 13.2 Å². The van der Waals surface area contributed by atoms with Crippen LogP contribution in [0.25, 0.3) is 0 Å². The zero-order chi connectivity index (χ0) is 15.1. The van der Waals surface area contributed by atoms with Crippen LogP contribution in [0.4, 0.5) is 13.2 Å². The summed E-state index contributed by atoms with van der Waals surface area (Å²) in [5.74, 6) is 0.503. The van der Waals surface area contributed by atoms with E-state index in [1.807, 2.05) is 0 Å². The van der Waals surface area contributed by atoms with Crippen LogP contribution in [0.15, 0.2) is 0 Å². The number of hydrogen-bond acceptors (Lipinski definition) is 4. The Morgan fingerprint density at radius 1 is 1.21 bits per heavy atom. The largest absolute Gasteiger partial charge is 0.741 e. The van der Waals surface area contributed by atoms with E-state index in [0.29, 0.717) is 11.8 Å². The van der Waals surface area contributed by atoms with Crippen molar-refractivity contribution in [2.45, 2.75) is 43.3 Å². The van der Waals surface area contributed by atoms with Crippen molar-refractivity contribution < 1.29 is 35.4 Å². The number of fused-ring (bicyclic) bond motifs is 2. The lowest BCUT2D eigenvalue weighted by atomic mass is 10.00. The van der Waals surface area contributed by atoms with E-state index in [-0.39, 0.29) is 0 Å². The quantitative estimate of drug-likeness (QED) is 0.380. The summed E-state index contributed by atoms with van der Waals surface area (Å²) in [5.41, 5.74) is -5.65. The fourth-order valence-electron chi connectivity index (χ4n) is 2.75. The second-order valence-corrected chi connectivity index (χ2v) is 6.65. The number of ketones is 1. The zero-order valence-corrected chi connectivity index (χ0v) is 11.4. The number of likely N-dealkylation sites (N-methyl/N-ethyl adjacent to an activating group) is 1. The number of Topliss-reactive ketones (excluding diaryl/α,β-unsaturated/α-hetero) is 1. The molecule has 0 amide bonds. The number of carbonyl (C=O) groups is 1. The Morgan fingerprint density at radius 2 is 1.68 bits per heavy atom. The summed E-state index contributed by atoms with van der Waals surface area (Å²) < 4.78 is 59.9. The third-order valence-corrected chi connectivity index (χ3v) is 4.46. The van der Waals surface area contributed by atoms with Crippen LogP contribution in [0.3, 0.4) is 0 Å². The molecule has 2 aliphatic heterocycles. The van der Waals surface area contributed by atoms with Crippen LogP contribution in [0.1, 0.15) is 25.7 Å². The molecule has 0 aromatic rings. The highest BCUT2D eigenvalue weighted by Crippen LogP contribution is 2.37. The predicted molar refractivity (Wildman–Crippen MR) is 58.9 cm³/mol. The van der Waals surface area contributed by atoms with Crippen molar-refractivity contribution in [3.8, 4) is 0 Å². The Kier molecular flexibility index (Phi) is 4.33. The first-order chi connectivity index (χ1) is 8.37. The minimum absolute atomic E-state index is 0.341. The number of carbonyl (C=O) groups excluding carboxylic acids is 1. The van der Waals surface area contributed by atoms with Crippen molar-refractivity contribution in [2.75, 3.05) is 14.1 Å². The molecule has 2 fully saturated rings. The van der Waals surface area contributed by atoms with Gasteiger partial charge in [0.05, 0.1) is 20.1 Å². The van der Waals surface area contributed by atoms with E-state index in [4.69, 9.17) is 13.0 Å². The second kappa shape index (κ2) is 5.02. The van der Waals surface area contributed by atoms with E-state index in [1.165, 1.54) is 6.42 Å². The Labute approximate surface area is 109 Å². The Morgan fingerprint density at radius 3 is 2.05 bits per heavy atom. The van der Waals surface area contributed by atoms with E-state index < -0.39 is 15.6 Å². The van der Waals surface area contributed by atoms with Crippen molar-refractivity contribution in [3.63, 3.8) is 0 Å². The van der Waals surface area contributed by atoms with Gasteiger partial charge in [-0.25, -0.2) is 8.42 Å². The van der Waals surface area contributed by atoms with Crippen molar-refractivity contribution in [3.05, 3.63) is 0 Å². The van der Waals surface area contributed by atoms with Gasteiger partial charge in [-0.3, -0.25) is 4.79 Å². The average Bonchev–Trinajstić information content (AvgIpc) is 2.38. The van der Waals surface area contributed by atoms with Crippen LogP contribution in [0.5, 0.6) is 0 Å². The number of alkyl halides is 3. The molecule has 2 atom stereocenters. The highest BCUT2D eigenvalue weighted by Gasteiger charge is 2.49. The molecule has 0 saturated carbocycles. The molecule has 2 heterocycles. The fraction of sp³-hybridized carbons (Fsp3) is 0.900. The molecule has 9 heteroatoms. The molecule has 112 valence electrons. The van der Waals surface area contributed by atoms with E-state index in [9.17, 15) is 18.0 Å². The summed E-state index contributed by atoms with van der Waals surface area (Å²) >= 11 is 0. The molecule has 2 aliphatic rings. The van der Waals surface area contributed by atoms with Crippen LogP contribution in [0, 0.1) is 0 Å². The highest BCUT2D eigenvalue weighted by atomic mass is 32.2. The normalized spacial score (nSPS) is 29.7. The van der Waals surface area contributed by atoms with Crippen LogP contribution < -0.4 is 0 Å². The van der Waals surface area contributed by atoms with Crippen molar-refractivity contribution in [2.24, 2.45) is 0 Å².